The van der Waals surface area contributed by atoms with Crippen LogP contribution < -0.4 is 5.32 Å². The van der Waals surface area contributed by atoms with Crippen LogP contribution in [0.4, 0.5) is 0 Å². The van der Waals surface area contributed by atoms with Gasteiger partial charge in [-0.25, -0.2) is 0 Å². The maximum atomic E-state index is 12.5. The van der Waals surface area contributed by atoms with Crippen molar-refractivity contribution in [3.05, 3.63) is 23.3 Å². The van der Waals surface area contributed by atoms with Crippen LogP contribution in [0.1, 0.15) is 48.0 Å². The van der Waals surface area contributed by atoms with Gasteiger partial charge in [-0.2, -0.15) is 0 Å². The summed E-state index contributed by atoms with van der Waals surface area (Å²) < 4.78 is 0. The smallest absolute Gasteiger partial charge is 0.247 e. The quantitative estimate of drug-likeness (QED) is 0.755. The van der Waals surface area contributed by atoms with E-state index >= 15 is 0 Å². The fraction of sp³-hybridized carbons (Fsp3) is 0.706. The van der Waals surface area contributed by atoms with Crippen LogP contribution in [0.15, 0.2) is 23.3 Å². The van der Waals surface area contributed by atoms with Crippen molar-refractivity contribution in [2.24, 2.45) is 23.7 Å². The average molecular weight is 261 g/mol. The number of amides is 1. The largest absolute Gasteiger partial charge is 0.348 e. The first-order chi connectivity index (χ1) is 8.69. The van der Waals surface area contributed by atoms with Gasteiger partial charge in [0.2, 0.25) is 5.91 Å². The van der Waals surface area contributed by atoms with Crippen molar-refractivity contribution < 1.29 is 4.79 Å². The van der Waals surface area contributed by atoms with Gasteiger partial charge >= 0.3 is 0 Å². The number of nitrogens with one attached hydrogen (secondary N) is 1. The molecule has 1 amide bonds. The van der Waals surface area contributed by atoms with Crippen LogP contribution in [-0.2, 0) is 4.79 Å². The molecule has 0 fully saturated rings. The molecule has 2 nitrogen and oxygen atoms in total. The molecule has 0 spiro atoms. The number of carbonyl (C=O) groups excluding carboxylic acids is 1. The van der Waals surface area contributed by atoms with Gasteiger partial charge in [-0.3, -0.25) is 4.79 Å². The van der Waals surface area contributed by atoms with E-state index in [2.05, 4.69) is 38.2 Å². The summed E-state index contributed by atoms with van der Waals surface area (Å²) in [6.07, 6.45) is 5.74. The summed E-state index contributed by atoms with van der Waals surface area (Å²) in [7, 11) is 0. The predicted octanol–water partition coefficient (Wildman–Crippen LogP) is 3.70. The highest BCUT2D eigenvalue weighted by Crippen LogP contribution is 2.46. The Hall–Kier alpha value is -1.05. The van der Waals surface area contributed by atoms with Gasteiger partial charge in [0.25, 0.3) is 0 Å². The predicted molar refractivity (Wildman–Crippen MR) is 79.7 cm³/mol. The molecule has 0 aromatic rings. The van der Waals surface area contributed by atoms with Crippen molar-refractivity contribution in [2.45, 2.75) is 53.5 Å². The molecule has 19 heavy (non-hydrogen) atoms. The molecule has 3 aliphatic carbocycles. The second-order valence-electron chi connectivity index (χ2n) is 7.51. The minimum Gasteiger partial charge on any atom is -0.348 e. The summed E-state index contributed by atoms with van der Waals surface area (Å²) in [6, 6.07) is 0. The van der Waals surface area contributed by atoms with Crippen LogP contribution in [0, 0.1) is 23.7 Å². The molecule has 3 atom stereocenters. The number of hydrogen-bond acceptors (Lipinski definition) is 1. The van der Waals surface area contributed by atoms with Gasteiger partial charge in [0.15, 0.2) is 0 Å². The van der Waals surface area contributed by atoms with E-state index in [0.717, 1.165) is 5.57 Å². The summed E-state index contributed by atoms with van der Waals surface area (Å²) >= 11 is 0. The highest BCUT2D eigenvalue weighted by Gasteiger charge is 2.40. The Kier molecular flexibility index (Phi) is 3.63. The zero-order valence-electron chi connectivity index (χ0n) is 13.1. The van der Waals surface area contributed by atoms with E-state index in [4.69, 9.17) is 0 Å². The third-order valence-electron chi connectivity index (χ3n) is 4.36. The van der Waals surface area contributed by atoms with Crippen molar-refractivity contribution in [1.82, 2.24) is 5.32 Å². The molecule has 0 heterocycles. The van der Waals surface area contributed by atoms with E-state index in [1.165, 1.54) is 12.0 Å². The fourth-order valence-electron chi connectivity index (χ4n) is 3.33. The van der Waals surface area contributed by atoms with Gasteiger partial charge in [0.1, 0.15) is 0 Å². The van der Waals surface area contributed by atoms with E-state index in [1.807, 2.05) is 20.8 Å². The number of fused-ring (bicyclic) bond motifs is 1. The molecule has 3 aliphatic rings. The number of allylic oxidation sites excluding steroid dienone is 3. The van der Waals surface area contributed by atoms with Crippen LogP contribution in [0.3, 0.4) is 0 Å². The first kappa shape index (κ1) is 14.4. The molecule has 2 bridgehead atoms. The van der Waals surface area contributed by atoms with Crippen molar-refractivity contribution >= 4 is 5.91 Å². The standard InChI is InChI=1S/C17H27NO/c1-10(2)13-8-12-9-15(14(13)7-11(12)3)16(19)18-17(4,5)6/h7,9-10,12-14H,8H2,1-6H3,(H,18,19)/t12-,13?,14-/m1/s1. The van der Waals surface area contributed by atoms with E-state index < -0.39 is 0 Å². The summed E-state index contributed by atoms with van der Waals surface area (Å²) in [4.78, 5) is 12.5. The first-order valence-electron chi connectivity index (χ1n) is 7.41. The Bertz CT molecular complexity index is 437. The van der Waals surface area contributed by atoms with Crippen LogP contribution >= 0.6 is 0 Å². The topological polar surface area (TPSA) is 29.1 Å². The Morgan fingerprint density at radius 3 is 2.42 bits per heavy atom. The first-order valence-corrected chi connectivity index (χ1v) is 7.41. The monoisotopic (exact) mass is 261 g/mol. The molecular formula is C17H27NO. The second kappa shape index (κ2) is 4.81. The summed E-state index contributed by atoms with van der Waals surface area (Å²) in [5.41, 5.74) is 2.27. The molecule has 0 aromatic heterocycles. The van der Waals surface area contributed by atoms with Gasteiger partial charge in [0.05, 0.1) is 0 Å². The van der Waals surface area contributed by atoms with Crippen LogP contribution in [0.25, 0.3) is 0 Å². The lowest BCUT2D eigenvalue weighted by Crippen LogP contribution is -2.45. The van der Waals surface area contributed by atoms with Gasteiger partial charge in [-0.05, 0) is 51.9 Å². The summed E-state index contributed by atoms with van der Waals surface area (Å²) in [6.45, 7) is 12.8. The highest BCUT2D eigenvalue weighted by atomic mass is 16.1. The van der Waals surface area contributed by atoms with Gasteiger partial charge in [0, 0.05) is 17.0 Å². The fourth-order valence-corrected chi connectivity index (χ4v) is 3.33. The maximum Gasteiger partial charge on any atom is 0.247 e. The van der Waals surface area contributed by atoms with E-state index in [9.17, 15) is 4.79 Å². The van der Waals surface area contributed by atoms with Gasteiger partial charge in [-0.1, -0.05) is 31.6 Å². The Balaban J connectivity index is 2.24. The third kappa shape index (κ3) is 2.93. The average Bonchev–Trinajstić information content (AvgIpc) is 2.26. The van der Waals surface area contributed by atoms with Crippen molar-refractivity contribution in [2.75, 3.05) is 0 Å². The number of carbonyl (C=O) groups is 1. The Morgan fingerprint density at radius 1 is 1.32 bits per heavy atom. The van der Waals surface area contributed by atoms with Crippen LogP contribution in [-0.4, -0.2) is 11.4 Å². The maximum absolute atomic E-state index is 12.5. The highest BCUT2D eigenvalue weighted by molar-refractivity contribution is 5.95. The number of rotatable bonds is 2. The Morgan fingerprint density at radius 2 is 1.95 bits per heavy atom. The van der Waals surface area contributed by atoms with Crippen LogP contribution in [0.5, 0.6) is 0 Å². The molecule has 1 N–H and O–H groups in total. The zero-order chi connectivity index (χ0) is 14.4. The molecule has 0 saturated heterocycles. The lowest BCUT2D eigenvalue weighted by atomic mass is 9.63. The summed E-state index contributed by atoms with van der Waals surface area (Å²) in [5, 5.41) is 3.11. The molecule has 0 aromatic carbocycles. The normalized spacial score (nSPS) is 30.2. The molecule has 106 valence electrons. The van der Waals surface area contributed by atoms with Gasteiger partial charge < -0.3 is 5.32 Å². The van der Waals surface area contributed by atoms with E-state index in [1.54, 1.807) is 0 Å². The lowest BCUT2D eigenvalue weighted by molar-refractivity contribution is -0.119. The number of hydrogen-bond donors (Lipinski definition) is 1. The minimum atomic E-state index is -0.166. The molecule has 0 radical (unpaired) electrons. The van der Waals surface area contributed by atoms with Crippen molar-refractivity contribution in [3.63, 3.8) is 0 Å². The SMILES string of the molecule is CC1=C[C@H]2C(C(=O)NC(C)(C)C)=C[C@H]1CC2C(C)C. The second-order valence-corrected chi connectivity index (χ2v) is 7.51. The zero-order valence-corrected chi connectivity index (χ0v) is 13.1. The van der Waals surface area contributed by atoms with E-state index in [-0.39, 0.29) is 11.4 Å². The van der Waals surface area contributed by atoms with Crippen molar-refractivity contribution in [3.8, 4) is 0 Å². The Labute approximate surface area is 117 Å². The lowest BCUT2D eigenvalue weighted by Gasteiger charge is -2.42. The molecule has 0 aliphatic heterocycles. The molecule has 3 rings (SSSR count). The molecule has 0 saturated carbocycles. The molecule has 1 unspecified atom stereocenters. The summed E-state index contributed by atoms with van der Waals surface area (Å²) in [5.74, 6) is 2.14. The third-order valence-corrected chi connectivity index (χ3v) is 4.36. The van der Waals surface area contributed by atoms with Gasteiger partial charge in [-0.15, -0.1) is 0 Å². The minimum absolute atomic E-state index is 0.122. The van der Waals surface area contributed by atoms with E-state index in [0.29, 0.717) is 23.7 Å². The molecular weight excluding hydrogens is 234 g/mol. The van der Waals surface area contributed by atoms with Crippen molar-refractivity contribution in [1.29, 1.82) is 0 Å². The van der Waals surface area contributed by atoms with Crippen LogP contribution in [0.2, 0.25) is 0 Å². The molecule has 2 heteroatoms.